The molecule has 0 spiro atoms. The van der Waals surface area contributed by atoms with E-state index in [2.05, 4.69) is 10.3 Å². The molecule has 0 saturated heterocycles. The van der Waals surface area contributed by atoms with Crippen LogP contribution in [0.1, 0.15) is 24.7 Å². The minimum absolute atomic E-state index is 0.167. The summed E-state index contributed by atoms with van der Waals surface area (Å²) < 4.78 is 12.7. The minimum atomic E-state index is -0.622. The van der Waals surface area contributed by atoms with Gasteiger partial charge in [-0.3, -0.25) is 14.2 Å². The number of pyridine rings is 1. The number of amides is 1. The predicted molar refractivity (Wildman–Crippen MR) is 102 cm³/mol. The summed E-state index contributed by atoms with van der Waals surface area (Å²) in [6.07, 6.45) is 4.64. The van der Waals surface area contributed by atoms with Crippen LogP contribution in [0.5, 0.6) is 5.75 Å². The number of carbonyl (C=O) groups excluding carboxylic acids is 1. The lowest BCUT2D eigenvalue weighted by molar-refractivity contribution is -0.122. The summed E-state index contributed by atoms with van der Waals surface area (Å²) in [6.45, 7) is 1.76. The lowest BCUT2D eigenvalue weighted by Gasteiger charge is -2.14. The summed E-state index contributed by atoms with van der Waals surface area (Å²) in [4.78, 5) is 42.2. The third-order valence-electron chi connectivity index (χ3n) is 4.44. The van der Waals surface area contributed by atoms with Crippen molar-refractivity contribution in [1.82, 2.24) is 19.4 Å². The predicted octanol–water partition coefficient (Wildman–Crippen LogP) is 0.966. The Hall–Kier alpha value is -3.36. The van der Waals surface area contributed by atoms with Crippen molar-refractivity contribution >= 4 is 16.9 Å². The average molecular weight is 386 g/mol. The fourth-order valence-corrected chi connectivity index (χ4v) is 3.08. The number of rotatable bonds is 7. The molecule has 0 saturated carbocycles. The monoisotopic (exact) mass is 386 g/mol. The van der Waals surface area contributed by atoms with Crippen molar-refractivity contribution in [1.29, 1.82) is 0 Å². The minimum Gasteiger partial charge on any atom is -0.495 e. The van der Waals surface area contributed by atoms with Gasteiger partial charge in [-0.1, -0.05) is 13.3 Å². The van der Waals surface area contributed by atoms with Crippen LogP contribution in [-0.4, -0.2) is 27.1 Å². The molecule has 148 valence electrons. The standard InChI is InChI=1S/C19H22N4O5/c1-4-6-12-9-21-17-15(16(12)27-3)18(25)23(19(26)22(17)2)11-14(24)20-10-13-7-5-8-28-13/h5,7-9H,4,6,10-11H2,1-3H3,(H,20,24). The maximum atomic E-state index is 13.0. The van der Waals surface area contributed by atoms with Crippen molar-refractivity contribution in [2.45, 2.75) is 32.9 Å². The SMILES string of the molecule is CCCc1cnc2c(c1OC)c(=O)n(CC(=O)NCc1ccco1)c(=O)n2C. The molecule has 0 aliphatic rings. The molecule has 3 heterocycles. The molecule has 3 rings (SSSR count). The second kappa shape index (κ2) is 8.12. The molecule has 3 aromatic rings. The highest BCUT2D eigenvalue weighted by Gasteiger charge is 2.20. The molecule has 9 heteroatoms. The van der Waals surface area contributed by atoms with Crippen molar-refractivity contribution in [2.24, 2.45) is 7.05 Å². The van der Waals surface area contributed by atoms with E-state index in [1.165, 1.54) is 25.0 Å². The Morgan fingerprint density at radius 2 is 2.14 bits per heavy atom. The average Bonchev–Trinajstić information content (AvgIpc) is 3.21. The van der Waals surface area contributed by atoms with E-state index in [0.717, 1.165) is 16.6 Å². The fourth-order valence-electron chi connectivity index (χ4n) is 3.08. The topological polar surface area (TPSA) is 108 Å². The van der Waals surface area contributed by atoms with E-state index in [0.29, 0.717) is 17.9 Å². The first-order chi connectivity index (χ1) is 13.5. The van der Waals surface area contributed by atoms with Gasteiger partial charge >= 0.3 is 5.69 Å². The Bertz CT molecular complexity index is 1110. The van der Waals surface area contributed by atoms with Gasteiger partial charge in [0.1, 0.15) is 23.4 Å². The third-order valence-corrected chi connectivity index (χ3v) is 4.44. The molecule has 0 radical (unpaired) electrons. The number of ether oxygens (including phenoxy) is 1. The molecule has 0 aliphatic heterocycles. The van der Waals surface area contributed by atoms with Crippen LogP contribution in [0, 0.1) is 0 Å². The van der Waals surface area contributed by atoms with E-state index in [1.807, 2.05) is 6.92 Å². The normalized spacial score (nSPS) is 11.0. The first-order valence-electron chi connectivity index (χ1n) is 8.92. The van der Waals surface area contributed by atoms with Gasteiger partial charge in [0.25, 0.3) is 5.56 Å². The molecule has 0 atom stereocenters. The number of methoxy groups -OCH3 is 1. The Morgan fingerprint density at radius 3 is 2.79 bits per heavy atom. The van der Waals surface area contributed by atoms with E-state index in [1.54, 1.807) is 18.3 Å². The van der Waals surface area contributed by atoms with E-state index in [4.69, 9.17) is 9.15 Å². The van der Waals surface area contributed by atoms with E-state index in [9.17, 15) is 14.4 Å². The molecule has 0 fully saturated rings. The summed E-state index contributed by atoms with van der Waals surface area (Å²) in [7, 11) is 2.98. The summed E-state index contributed by atoms with van der Waals surface area (Å²) in [5.74, 6) is 0.478. The van der Waals surface area contributed by atoms with Crippen molar-refractivity contribution < 1.29 is 13.9 Å². The second-order valence-electron chi connectivity index (χ2n) is 6.35. The molecule has 3 aromatic heterocycles. The van der Waals surface area contributed by atoms with Gasteiger partial charge in [-0.25, -0.2) is 14.3 Å². The van der Waals surface area contributed by atoms with E-state index in [-0.39, 0.29) is 17.6 Å². The molecular formula is C19H22N4O5. The first-order valence-corrected chi connectivity index (χ1v) is 8.92. The van der Waals surface area contributed by atoms with Gasteiger partial charge < -0.3 is 14.5 Å². The third kappa shape index (κ3) is 3.55. The molecule has 28 heavy (non-hydrogen) atoms. The van der Waals surface area contributed by atoms with Crippen molar-refractivity contribution in [3.8, 4) is 5.75 Å². The quantitative estimate of drug-likeness (QED) is 0.648. The number of aryl methyl sites for hydroxylation is 2. The zero-order valence-corrected chi connectivity index (χ0v) is 16.0. The van der Waals surface area contributed by atoms with Crippen LogP contribution < -0.4 is 21.3 Å². The van der Waals surface area contributed by atoms with Crippen molar-refractivity contribution in [3.63, 3.8) is 0 Å². The Labute approximate surface area is 160 Å². The number of hydrogen-bond acceptors (Lipinski definition) is 6. The molecule has 0 aliphatic carbocycles. The molecule has 0 bridgehead atoms. The van der Waals surface area contributed by atoms with Crippen LogP contribution in [0.25, 0.3) is 11.0 Å². The molecule has 0 aromatic carbocycles. The Balaban J connectivity index is 2.03. The fraction of sp³-hybridized carbons (Fsp3) is 0.368. The second-order valence-corrected chi connectivity index (χ2v) is 6.35. The van der Waals surface area contributed by atoms with Crippen LogP contribution in [0.4, 0.5) is 0 Å². The van der Waals surface area contributed by atoms with E-state index < -0.39 is 23.7 Å². The highest BCUT2D eigenvalue weighted by Crippen LogP contribution is 2.25. The van der Waals surface area contributed by atoms with Gasteiger partial charge in [0.2, 0.25) is 5.91 Å². The zero-order chi connectivity index (χ0) is 20.3. The Kier molecular flexibility index (Phi) is 5.62. The van der Waals surface area contributed by atoms with Crippen molar-refractivity contribution in [3.05, 3.63) is 56.8 Å². The number of aromatic nitrogens is 3. The number of furan rings is 1. The Morgan fingerprint density at radius 1 is 1.36 bits per heavy atom. The van der Waals surface area contributed by atoms with Gasteiger partial charge in [-0.05, 0) is 18.6 Å². The van der Waals surface area contributed by atoms with Gasteiger partial charge in [0.05, 0.1) is 19.9 Å². The number of carbonyl (C=O) groups is 1. The number of nitrogens with one attached hydrogen (secondary N) is 1. The summed E-state index contributed by atoms with van der Waals surface area (Å²) in [6, 6.07) is 3.42. The zero-order valence-electron chi connectivity index (χ0n) is 16.0. The highest BCUT2D eigenvalue weighted by molar-refractivity contribution is 5.83. The van der Waals surface area contributed by atoms with Crippen LogP contribution in [0.3, 0.4) is 0 Å². The summed E-state index contributed by atoms with van der Waals surface area (Å²) in [5, 5.41) is 2.82. The van der Waals surface area contributed by atoms with Crippen LogP contribution in [0.2, 0.25) is 0 Å². The molecule has 1 N–H and O–H groups in total. The first kappa shape index (κ1) is 19.4. The molecule has 1 amide bonds. The van der Waals surface area contributed by atoms with Crippen LogP contribution >= 0.6 is 0 Å². The smallest absolute Gasteiger partial charge is 0.332 e. The van der Waals surface area contributed by atoms with Gasteiger partial charge in [-0.15, -0.1) is 0 Å². The number of fused-ring (bicyclic) bond motifs is 1. The lowest BCUT2D eigenvalue weighted by Crippen LogP contribution is -2.43. The van der Waals surface area contributed by atoms with Gasteiger partial charge in [0, 0.05) is 18.8 Å². The number of hydrogen-bond donors (Lipinski definition) is 1. The van der Waals surface area contributed by atoms with E-state index >= 15 is 0 Å². The maximum Gasteiger partial charge on any atom is 0.332 e. The molecule has 9 nitrogen and oxygen atoms in total. The molecular weight excluding hydrogens is 364 g/mol. The lowest BCUT2D eigenvalue weighted by atomic mass is 10.1. The largest absolute Gasteiger partial charge is 0.495 e. The van der Waals surface area contributed by atoms with Crippen LogP contribution in [0.15, 0.2) is 38.6 Å². The highest BCUT2D eigenvalue weighted by atomic mass is 16.5. The van der Waals surface area contributed by atoms with Gasteiger partial charge in [0.15, 0.2) is 5.65 Å². The summed E-state index contributed by atoms with van der Waals surface area (Å²) in [5.41, 5.74) is -0.224. The van der Waals surface area contributed by atoms with Crippen molar-refractivity contribution in [2.75, 3.05) is 7.11 Å². The van der Waals surface area contributed by atoms with Crippen LogP contribution in [-0.2, 0) is 31.4 Å². The maximum absolute atomic E-state index is 13.0. The molecule has 0 unspecified atom stereocenters. The van der Waals surface area contributed by atoms with Gasteiger partial charge in [-0.2, -0.15) is 0 Å². The summed E-state index contributed by atoms with van der Waals surface area (Å²) >= 11 is 0. The number of nitrogens with zero attached hydrogens (tertiary/aromatic N) is 3.